The molecule has 2 aromatic carbocycles. The minimum atomic E-state index is 0.348. The van der Waals surface area contributed by atoms with E-state index in [-0.39, 0.29) is 0 Å². The quantitative estimate of drug-likeness (QED) is 0.0850. The Morgan fingerprint density at radius 1 is 0.523 bits per heavy atom. The highest BCUT2D eigenvalue weighted by molar-refractivity contribution is 5.96. The zero-order valence-electron chi connectivity index (χ0n) is 75.6. The normalized spacial score (nSPS) is 21.7. The monoisotopic (exact) mass is 1530 g/mol. The van der Waals surface area contributed by atoms with Gasteiger partial charge in [0.1, 0.15) is 0 Å². The summed E-state index contributed by atoms with van der Waals surface area (Å²) in [6.45, 7) is 69.5. The molecule has 7 heterocycles. The molecule has 3 saturated carbocycles. The molecule has 5 aromatic rings. The molecule has 13 rings (SSSR count). The van der Waals surface area contributed by atoms with Crippen LogP contribution in [-0.2, 0) is 24.1 Å². The van der Waals surface area contributed by atoms with E-state index in [1.807, 2.05) is 21.8 Å². The van der Waals surface area contributed by atoms with Crippen LogP contribution in [0.2, 0.25) is 0 Å². The second-order valence-electron chi connectivity index (χ2n) is 37.8. The lowest BCUT2D eigenvalue weighted by Gasteiger charge is -2.34. The van der Waals surface area contributed by atoms with Gasteiger partial charge in [-0.1, -0.05) is 206 Å². The highest BCUT2D eigenvalue weighted by Crippen LogP contribution is 2.56. The van der Waals surface area contributed by atoms with Crippen molar-refractivity contribution in [3.05, 3.63) is 123 Å². The molecule has 3 N–H and O–H groups in total. The molecule has 0 saturated heterocycles. The number of aromatic nitrogens is 9. The molecule has 0 bridgehead atoms. The van der Waals surface area contributed by atoms with E-state index in [2.05, 4.69) is 323 Å². The van der Waals surface area contributed by atoms with E-state index >= 15 is 0 Å². The summed E-state index contributed by atoms with van der Waals surface area (Å²) in [5.41, 5.74) is 31.8. The Bertz CT molecular complexity index is 3660. The lowest BCUT2D eigenvalue weighted by atomic mass is 9.73. The van der Waals surface area contributed by atoms with Crippen molar-refractivity contribution in [1.29, 1.82) is 0 Å². The topological polar surface area (TPSA) is 169 Å². The van der Waals surface area contributed by atoms with E-state index in [4.69, 9.17) is 9.73 Å². The van der Waals surface area contributed by atoms with Crippen LogP contribution in [0, 0.1) is 76.9 Å². The van der Waals surface area contributed by atoms with E-state index in [0.29, 0.717) is 77.7 Å². The number of hydrazine groups is 2. The molecule has 111 heavy (non-hydrogen) atoms. The minimum Gasteiger partial charge on any atom is -0.379 e. The summed E-state index contributed by atoms with van der Waals surface area (Å²) >= 11 is 0. The molecule has 17 heteroatoms. The first kappa shape index (κ1) is 91.7. The number of hydrazone groups is 1. The largest absolute Gasteiger partial charge is 0.379 e. The van der Waals surface area contributed by atoms with Gasteiger partial charge in [0, 0.05) is 95.3 Å². The van der Waals surface area contributed by atoms with Gasteiger partial charge in [0.2, 0.25) is 0 Å². The second kappa shape index (κ2) is 43.3. The van der Waals surface area contributed by atoms with Crippen LogP contribution in [-0.4, -0.2) is 92.8 Å². The number of nitrogens with zero attached hydrogens (tertiary/aromatic N) is 13. The van der Waals surface area contributed by atoms with Crippen molar-refractivity contribution < 1.29 is 4.74 Å². The summed E-state index contributed by atoms with van der Waals surface area (Å²) < 4.78 is 11.3. The number of rotatable bonds is 15. The average molecular weight is 1530 g/mol. The van der Waals surface area contributed by atoms with Crippen LogP contribution >= 0.6 is 0 Å². The predicted molar refractivity (Wildman–Crippen MR) is 469 cm³/mol. The second-order valence-corrected chi connectivity index (χ2v) is 37.8. The molecule has 0 spiro atoms. The van der Waals surface area contributed by atoms with Crippen molar-refractivity contribution in [2.45, 2.75) is 352 Å². The van der Waals surface area contributed by atoms with Crippen molar-refractivity contribution in [2.24, 2.45) is 87.0 Å². The summed E-state index contributed by atoms with van der Waals surface area (Å²) in [4.78, 5) is 7.36. The molecule has 17 nitrogen and oxygen atoms in total. The summed E-state index contributed by atoms with van der Waals surface area (Å²) in [5.74, 6) is 11.4. The summed E-state index contributed by atoms with van der Waals surface area (Å²) in [6.07, 6.45) is 22.8. The van der Waals surface area contributed by atoms with Gasteiger partial charge in [0.25, 0.3) is 0 Å². The number of anilines is 1. The average Bonchev–Trinajstić information content (AvgIpc) is 1.65. The molecule has 0 amide bonds. The molecular formula is C94H158N16O. The van der Waals surface area contributed by atoms with Crippen LogP contribution in [0.15, 0.2) is 93.4 Å². The molecule has 7 atom stereocenters. The fourth-order valence-corrected chi connectivity index (χ4v) is 17.7. The first-order chi connectivity index (χ1) is 52.5. The SMILES string of the molecule is CC(C)C1[C@H]2CCc3c(nnn3C(C)C)CC[C@@H]12.CC(C)COC(C)C.CC(C)N1NNC2=C1c1ccccc1CN(C(C)C)c1ccccc12.CC(C)c1cn(C(C)C)nn1.CC(C)c1cnnn1C(C)C.CC1=C2CCC(C(C)C)CCCC2C(C(C)C)=NC1.CC1=C2CCC(C(C)C)CCCC2C(C(C)C)=NN1. The van der Waals surface area contributed by atoms with Gasteiger partial charge in [0.15, 0.2) is 0 Å². The number of fused-ring (bicyclic) bond motifs is 8. The number of benzene rings is 2. The Morgan fingerprint density at radius 3 is 1.61 bits per heavy atom. The van der Waals surface area contributed by atoms with Gasteiger partial charge in [-0.15, -0.1) is 20.8 Å². The van der Waals surface area contributed by atoms with Crippen LogP contribution in [0.4, 0.5) is 5.69 Å². The van der Waals surface area contributed by atoms with E-state index in [1.54, 1.807) is 16.7 Å². The smallest absolute Gasteiger partial charge is 0.0868 e. The lowest BCUT2D eigenvalue weighted by molar-refractivity contribution is 0.0593. The Kier molecular flexibility index (Phi) is 35.8. The van der Waals surface area contributed by atoms with E-state index in [9.17, 15) is 0 Å². The van der Waals surface area contributed by atoms with Crippen LogP contribution in [0.25, 0.3) is 11.4 Å². The van der Waals surface area contributed by atoms with Gasteiger partial charge in [0.05, 0.1) is 53.0 Å². The molecule has 4 aliphatic heterocycles. The van der Waals surface area contributed by atoms with Crippen LogP contribution in [0.5, 0.6) is 0 Å². The van der Waals surface area contributed by atoms with Crippen molar-refractivity contribution in [3.8, 4) is 0 Å². The third-order valence-corrected chi connectivity index (χ3v) is 24.3. The standard InChI is InChI=1S/C21H26N4.C18H31N.C17H30N2.C15H25N3.2C8H15N3.C7H16O/c1-14(2)24-13-16-9-5-6-10-17(16)21-20(22-23-25(21)15(3)4)18-11-7-8-12-19(18)24;1-12(2)15-7-6-8-17-16(10-9-15)14(5)11-19-18(17)13(3)4;1-11(2)14-7-6-8-16-15(10-9-14)13(5)18-19-17(16)12(3)4;1-9(2)15-11-5-7-13-14(8-6-12(11)15)18(10(3)4)17-16-13;1-6(2)8-5-11(7(3)4)10-9-8;1-6(2)8-5-9-10-11(8)7(3)4;1-6(2)5-8-7(3)4/h5-12,14-15,22-23H,13H2,1-4H3;12-13,15,17H,6-11H2,1-5H3;11-12,14,16,18H,6-10H2,1-5H3;9-12,15H,5-8H2,1-4H3;2*5-7H,1-4H3;6-7H,5H2,1-4H3/t;;;11-,12+,15?;;;/m...1.../s1. The van der Waals surface area contributed by atoms with Gasteiger partial charge < -0.3 is 15.1 Å². The molecule has 4 aliphatic carbocycles. The van der Waals surface area contributed by atoms with Crippen molar-refractivity contribution in [3.63, 3.8) is 0 Å². The molecule has 3 fully saturated rings. The number of ether oxygens (including phenoxy) is 1. The zero-order chi connectivity index (χ0) is 81.8. The maximum atomic E-state index is 5.30. The Labute approximate surface area is 676 Å². The number of nitrogens with one attached hydrogen (secondary N) is 3. The fourth-order valence-electron chi connectivity index (χ4n) is 17.7. The number of aliphatic imine (C=N–C) groups is 1. The Hall–Kier alpha value is -6.46. The Balaban J connectivity index is 0.000000185. The van der Waals surface area contributed by atoms with Gasteiger partial charge in [-0.2, -0.15) is 5.10 Å². The number of dihydropyridines is 1. The number of hydrogen-bond donors (Lipinski definition) is 3. The van der Waals surface area contributed by atoms with E-state index in [1.165, 1.54) is 146 Å². The highest BCUT2D eigenvalue weighted by atomic mass is 16.5. The number of allylic oxidation sites excluding steroid dienone is 3. The molecular weight excluding hydrogens is 1370 g/mol. The van der Waals surface area contributed by atoms with Crippen molar-refractivity contribution in [1.82, 2.24) is 66.4 Å². The summed E-state index contributed by atoms with van der Waals surface area (Å²) in [5, 5.41) is 31.6. The lowest BCUT2D eigenvalue weighted by Crippen LogP contribution is -2.41. The highest BCUT2D eigenvalue weighted by Gasteiger charge is 2.51. The van der Waals surface area contributed by atoms with E-state index < -0.39 is 0 Å². The molecule has 3 aromatic heterocycles. The fraction of sp³-hybridized carbons (Fsp3) is 0.723. The third kappa shape index (κ3) is 25.3. The van der Waals surface area contributed by atoms with Gasteiger partial charge >= 0.3 is 0 Å². The van der Waals surface area contributed by atoms with Gasteiger partial charge in [-0.25, -0.2) is 14.0 Å². The van der Waals surface area contributed by atoms with Crippen molar-refractivity contribution in [2.75, 3.05) is 18.1 Å². The van der Waals surface area contributed by atoms with Gasteiger partial charge in [-0.3, -0.25) is 15.4 Å². The third-order valence-electron chi connectivity index (χ3n) is 24.3. The minimum absolute atomic E-state index is 0.348. The molecule has 620 valence electrons. The van der Waals surface area contributed by atoms with Gasteiger partial charge in [-0.05, 0) is 255 Å². The Morgan fingerprint density at radius 2 is 1.11 bits per heavy atom. The van der Waals surface area contributed by atoms with Crippen LogP contribution in [0.3, 0.4) is 0 Å². The maximum absolute atomic E-state index is 5.30. The van der Waals surface area contributed by atoms with Crippen molar-refractivity contribution >= 4 is 28.5 Å². The number of para-hydroxylation sites is 1. The number of aryl methyl sites for hydroxylation is 1. The summed E-state index contributed by atoms with van der Waals surface area (Å²) in [6, 6.07) is 19.5. The molecule has 5 unspecified atom stereocenters. The predicted octanol–water partition coefficient (Wildman–Crippen LogP) is 23.3. The first-order valence-electron chi connectivity index (χ1n) is 44.2. The zero-order valence-corrected chi connectivity index (χ0v) is 75.6. The molecule has 8 aliphatic rings. The van der Waals surface area contributed by atoms with Crippen LogP contribution in [0.1, 0.15) is 354 Å². The number of hydrogen-bond acceptors (Lipinski definition) is 14. The van der Waals surface area contributed by atoms with E-state index in [0.717, 1.165) is 84.9 Å². The first-order valence-corrected chi connectivity index (χ1v) is 44.2. The summed E-state index contributed by atoms with van der Waals surface area (Å²) in [7, 11) is 0. The maximum Gasteiger partial charge on any atom is 0.0868 e. The van der Waals surface area contributed by atoms with Crippen LogP contribution < -0.4 is 21.3 Å². The molecule has 0 radical (unpaired) electrons.